The van der Waals surface area contributed by atoms with Crippen molar-refractivity contribution in [1.29, 1.82) is 0 Å². The van der Waals surface area contributed by atoms with Gasteiger partial charge in [-0.3, -0.25) is 47.3 Å². The SMILES string of the molecule is C1CCC2C3NC(NC4NC(NC5NC(NC6NC(N3)C3CCCCC63)C3CCCCC53)C3CCCCC43)C2C1.COc1ccccc1C(C(=O)O)c1ccccc1OC.[Si]. The second-order valence-corrected chi connectivity index (χ2v) is 19.9. The minimum Gasteiger partial charge on any atom is -0.496 e. The summed E-state index contributed by atoms with van der Waals surface area (Å²) in [5, 5.41) is 43.4. The topological polar surface area (TPSA) is 152 Å². The van der Waals surface area contributed by atoms with Crippen LogP contribution in [0.2, 0.25) is 0 Å². The van der Waals surface area contributed by atoms with E-state index < -0.39 is 11.9 Å². The lowest BCUT2D eigenvalue weighted by Gasteiger charge is -2.35. The van der Waals surface area contributed by atoms with E-state index in [4.69, 9.17) is 9.47 Å². The van der Waals surface area contributed by atoms with E-state index in [9.17, 15) is 9.90 Å². The summed E-state index contributed by atoms with van der Waals surface area (Å²) in [6, 6.07) is 14.2. The third-order valence-electron chi connectivity index (χ3n) is 16.9. The first-order valence-electron chi connectivity index (χ1n) is 24.1. The molecule has 9 fully saturated rings. The number of para-hydroxylation sites is 2. The van der Waals surface area contributed by atoms with Gasteiger partial charge < -0.3 is 14.6 Å². The molecule has 0 amide bonds. The number of nitrogens with one attached hydrogen (secondary N) is 8. The molecule has 2 aromatic rings. The number of methoxy groups -OCH3 is 2. The van der Waals surface area contributed by atoms with Gasteiger partial charge in [-0.05, 0) is 111 Å². The van der Waals surface area contributed by atoms with Crippen molar-refractivity contribution < 1.29 is 19.4 Å². The van der Waals surface area contributed by atoms with Crippen molar-refractivity contribution in [1.82, 2.24) is 42.5 Å². The maximum Gasteiger partial charge on any atom is 0.315 e. The van der Waals surface area contributed by atoms with Crippen LogP contribution in [0.5, 0.6) is 11.5 Å². The van der Waals surface area contributed by atoms with Crippen molar-refractivity contribution in [3.8, 4) is 11.5 Å². The first-order valence-corrected chi connectivity index (χ1v) is 24.1. The number of hydrogen-bond acceptors (Lipinski definition) is 11. The van der Waals surface area contributed by atoms with Crippen LogP contribution in [0.3, 0.4) is 0 Å². The van der Waals surface area contributed by atoms with E-state index in [1.807, 2.05) is 12.1 Å². The Labute approximate surface area is 368 Å². The van der Waals surface area contributed by atoms with E-state index in [1.54, 1.807) is 36.4 Å². The molecule has 2 aromatic carbocycles. The molecule has 4 saturated carbocycles. The largest absolute Gasteiger partial charge is 0.496 e. The van der Waals surface area contributed by atoms with E-state index >= 15 is 0 Å². The molecule has 0 spiro atoms. The molecule has 8 unspecified atom stereocenters. The Morgan fingerprint density at radius 3 is 0.852 bits per heavy atom. The second-order valence-electron chi connectivity index (χ2n) is 19.9. The smallest absolute Gasteiger partial charge is 0.315 e. The predicted octanol–water partition coefficient (Wildman–Crippen LogP) is 5.15. The summed E-state index contributed by atoms with van der Waals surface area (Å²) in [6.07, 6.45) is 25.6. The average Bonchev–Trinajstić information content (AvgIpc) is 4.03. The van der Waals surface area contributed by atoms with E-state index in [2.05, 4.69) is 42.5 Å². The first kappa shape index (κ1) is 43.6. The first-order chi connectivity index (χ1) is 29.5. The number of hydrogen-bond donors (Lipinski definition) is 9. The Bertz CT molecular complexity index is 1540. The van der Waals surface area contributed by atoms with Crippen LogP contribution in [0.4, 0.5) is 0 Å². The number of aliphatic carboxylic acids is 1. The van der Waals surface area contributed by atoms with Crippen molar-refractivity contribution in [2.24, 2.45) is 47.3 Å². The maximum atomic E-state index is 11.7. The standard InChI is InChI=1S/C32H56N8.C16H16O4.Si/c1-2-10-18-17(9-1)25-33-26(18)38-28-21-13-5-6-14-22(21)30(35-28)40-32-24-16-8-7-15-23(24)31(36-32)39-29-20-12-4-3-11-19(20)27(34-29)37-25;1-19-13-9-5-3-7-11(13)15(16(17)18)12-8-4-6-10-14(12)20-2;/h17-40H,1-16H2;3-10,15H,1-2H3,(H,17,18);. The molecule has 8 bridgehead atoms. The molecule has 0 aromatic heterocycles. The summed E-state index contributed by atoms with van der Waals surface area (Å²) in [4.78, 5) is 11.7. The minimum absolute atomic E-state index is 0. The van der Waals surface area contributed by atoms with E-state index in [-0.39, 0.29) is 11.0 Å². The molecule has 5 heterocycles. The number of carboxylic acid groups (broad SMARTS) is 1. The van der Waals surface area contributed by atoms with Gasteiger partial charge in [0.1, 0.15) is 17.4 Å². The quantitative estimate of drug-likeness (QED) is 0.183. The van der Waals surface area contributed by atoms with Gasteiger partial charge in [-0.2, -0.15) is 0 Å². The Morgan fingerprint density at radius 2 is 0.656 bits per heavy atom. The average molecular weight is 853 g/mol. The second kappa shape index (κ2) is 19.3. The molecule has 9 N–H and O–H groups in total. The van der Waals surface area contributed by atoms with Gasteiger partial charge >= 0.3 is 5.97 Å². The highest BCUT2D eigenvalue weighted by Gasteiger charge is 2.54. The Balaban J connectivity index is 0.000000193. The molecule has 4 aliphatic carbocycles. The number of fused-ring (bicyclic) bond motifs is 20. The van der Waals surface area contributed by atoms with Crippen LogP contribution in [0.1, 0.15) is 120 Å². The maximum absolute atomic E-state index is 11.7. The lowest BCUT2D eigenvalue weighted by Crippen LogP contribution is -2.61. The van der Waals surface area contributed by atoms with Gasteiger partial charge in [-0.25, -0.2) is 0 Å². The Kier molecular flexibility index (Phi) is 13.8. The van der Waals surface area contributed by atoms with E-state index in [0.29, 0.717) is 72.0 Å². The van der Waals surface area contributed by atoms with Crippen LogP contribution in [0.25, 0.3) is 0 Å². The lowest BCUT2D eigenvalue weighted by atomic mass is 9.76. The number of rotatable bonds is 5. The highest BCUT2D eigenvalue weighted by molar-refractivity contribution is 5.82. The molecule has 12 nitrogen and oxygen atoms in total. The number of carbonyl (C=O) groups is 1. The minimum atomic E-state index is -0.945. The summed E-state index contributed by atoms with van der Waals surface area (Å²) in [6.45, 7) is 0. The third kappa shape index (κ3) is 8.57. The molecular formula is C48H72N8O4Si. The summed E-state index contributed by atoms with van der Waals surface area (Å²) >= 11 is 0. The van der Waals surface area contributed by atoms with Crippen molar-refractivity contribution in [2.75, 3.05) is 14.2 Å². The summed E-state index contributed by atoms with van der Waals surface area (Å²) in [5.74, 6) is 5.29. The third-order valence-corrected chi connectivity index (χ3v) is 16.9. The number of ether oxygens (including phenoxy) is 2. The van der Waals surface area contributed by atoms with Crippen molar-refractivity contribution in [3.63, 3.8) is 0 Å². The Morgan fingerprint density at radius 1 is 0.443 bits per heavy atom. The van der Waals surface area contributed by atoms with Gasteiger partial charge in [-0.15, -0.1) is 0 Å². The normalized spacial score (nSPS) is 41.2. The van der Waals surface area contributed by atoms with E-state index in [0.717, 1.165) is 47.3 Å². The zero-order chi connectivity index (χ0) is 40.7. The van der Waals surface area contributed by atoms with Gasteiger partial charge in [0.25, 0.3) is 0 Å². The highest BCUT2D eigenvalue weighted by atomic mass is 28.1. The van der Waals surface area contributed by atoms with Crippen LogP contribution < -0.4 is 52.0 Å². The van der Waals surface area contributed by atoms with Crippen molar-refractivity contribution in [2.45, 2.75) is 158 Å². The molecule has 11 rings (SSSR count). The van der Waals surface area contributed by atoms with Crippen LogP contribution >= 0.6 is 0 Å². The van der Waals surface area contributed by atoms with Gasteiger partial charge in [0.15, 0.2) is 0 Å². The molecule has 61 heavy (non-hydrogen) atoms. The van der Waals surface area contributed by atoms with Crippen molar-refractivity contribution in [3.05, 3.63) is 59.7 Å². The van der Waals surface area contributed by atoms with Gasteiger partial charge in [0, 0.05) is 22.1 Å². The van der Waals surface area contributed by atoms with Crippen LogP contribution in [-0.2, 0) is 4.79 Å². The highest BCUT2D eigenvalue weighted by Crippen LogP contribution is 2.46. The van der Waals surface area contributed by atoms with Gasteiger partial charge in [0.2, 0.25) is 0 Å². The predicted molar refractivity (Wildman–Crippen MR) is 238 cm³/mol. The fraction of sp³-hybridized carbons (Fsp3) is 0.729. The van der Waals surface area contributed by atoms with Crippen molar-refractivity contribution >= 4 is 16.9 Å². The van der Waals surface area contributed by atoms with Crippen LogP contribution in [0, 0.1) is 47.3 Å². The summed E-state index contributed by atoms with van der Waals surface area (Å²) in [7, 11) is 3.06. The monoisotopic (exact) mass is 853 g/mol. The molecular weight excluding hydrogens is 781 g/mol. The fourth-order valence-corrected chi connectivity index (χ4v) is 14.2. The molecule has 5 saturated heterocycles. The molecule has 5 aliphatic heterocycles. The van der Waals surface area contributed by atoms with Crippen LogP contribution in [-0.4, -0.2) is 85.6 Å². The Hall–Kier alpha value is -2.59. The molecule has 332 valence electrons. The summed E-state index contributed by atoms with van der Waals surface area (Å²) in [5.41, 5.74) is 1.21. The zero-order valence-electron chi connectivity index (χ0n) is 36.4. The summed E-state index contributed by atoms with van der Waals surface area (Å²) < 4.78 is 10.5. The molecule has 9 aliphatic rings. The number of benzene rings is 2. The van der Waals surface area contributed by atoms with Crippen LogP contribution in [0.15, 0.2) is 48.5 Å². The lowest BCUT2D eigenvalue weighted by molar-refractivity contribution is -0.137. The zero-order valence-corrected chi connectivity index (χ0v) is 37.4. The molecule has 8 atom stereocenters. The molecule has 13 heteroatoms. The van der Waals surface area contributed by atoms with E-state index in [1.165, 1.54) is 117 Å². The van der Waals surface area contributed by atoms with Gasteiger partial charge in [-0.1, -0.05) is 87.8 Å². The van der Waals surface area contributed by atoms with Gasteiger partial charge in [0.05, 0.1) is 63.5 Å². The fourth-order valence-electron chi connectivity index (χ4n) is 14.2. The number of carboxylic acids is 1. The molecule has 4 radical (unpaired) electrons.